The van der Waals surface area contributed by atoms with Gasteiger partial charge in [-0.2, -0.15) is 0 Å². The quantitative estimate of drug-likeness (QED) is 0.358. The van der Waals surface area contributed by atoms with Crippen LogP contribution in [-0.2, 0) is 22.6 Å². The Balaban J connectivity index is 1.62. The summed E-state index contributed by atoms with van der Waals surface area (Å²) >= 11 is 0. The molecule has 0 saturated heterocycles. The summed E-state index contributed by atoms with van der Waals surface area (Å²) in [5.74, 6) is 0.394. The average molecular weight is 513 g/mol. The van der Waals surface area contributed by atoms with Gasteiger partial charge in [0.15, 0.2) is 6.61 Å². The summed E-state index contributed by atoms with van der Waals surface area (Å²) < 4.78 is 6.00. The highest BCUT2D eigenvalue weighted by Gasteiger charge is 2.32. The molecule has 0 aromatic heterocycles. The largest absolute Gasteiger partial charge is 0.483 e. The molecule has 1 unspecified atom stereocenters. The summed E-state index contributed by atoms with van der Waals surface area (Å²) in [5.41, 5.74) is 5.26. The van der Waals surface area contributed by atoms with Crippen LogP contribution in [0.5, 0.6) is 5.75 Å². The molecule has 2 amide bonds. The number of nitrogens with zero attached hydrogens (tertiary/aromatic N) is 1. The minimum Gasteiger partial charge on any atom is -0.483 e. The molecule has 1 aliphatic carbocycles. The Kier molecular flexibility index (Phi) is 9.58. The van der Waals surface area contributed by atoms with Crippen molar-refractivity contribution in [1.29, 1.82) is 0 Å². The molecule has 200 valence electrons. The molecule has 1 saturated carbocycles. The zero-order chi connectivity index (χ0) is 26.9. The van der Waals surface area contributed by atoms with Gasteiger partial charge in [-0.05, 0) is 56.4 Å². The molecule has 5 nitrogen and oxygen atoms in total. The predicted octanol–water partition coefficient (Wildman–Crippen LogP) is 6.08. The number of nitrogens with one attached hydrogen (secondary N) is 1. The zero-order valence-electron chi connectivity index (χ0n) is 22.9. The lowest BCUT2D eigenvalue weighted by Gasteiger charge is -2.33. The van der Waals surface area contributed by atoms with Crippen molar-refractivity contribution in [1.82, 2.24) is 10.2 Å². The van der Waals surface area contributed by atoms with Gasteiger partial charge in [0.25, 0.3) is 5.91 Å². The summed E-state index contributed by atoms with van der Waals surface area (Å²) in [6, 6.07) is 23.5. The Hall–Kier alpha value is -3.60. The van der Waals surface area contributed by atoms with E-state index in [1.807, 2.05) is 87.5 Å². The number of benzene rings is 3. The second-order valence-electron chi connectivity index (χ2n) is 10.6. The lowest BCUT2D eigenvalue weighted by Crippen LogP contribution is -2.53. The first-order valence-corrected chi connectivity index (χ1v) is 13.8. The molecule has 0 bridgehead atoms. The number of rotatable bonds is 10. The normalized spacial score (nSPS) is 14.5. The van der Waals surface area contributed by atoms with E-state index in [-0.39, 0.29) is 24.5 Å². The summed E-state index contributed by atoms with van der Waals surface area (Å²) in [6.07, 6.45) is 5.90. The third-order valence-electron chi connectivity index (χ3n) is 7.34. The molecule has 38 heavy (non-hydrogen) atoms. The second kappa shape index (κ2) is 13.3. The van der Waals surface area contributed by atoms with E-state index < -0.39 is 6.04 Å². The molecule has 1 aliphatic rings. The topological polar surface area (TPSA) is 58.6 Å². The number of hydrogen-bond acceptors (Lipinski definition) is 3. The standard InChI is InChI=1S/C33H40N2O3/c1-24-11-10-14-28(20-24)22-35(32(36)23-38-31-18-17-25(2)19-26(31)3)30(21-27-12-6-4-7-13-27)33(37)34-29-15-8-5-9-16-29/h4,6-7,10-14,17-20,29-30H,5,8-9,15-16,21-23H2,1-3H3,(H,34,37). The first-order chi connectivity index (χ1) is 18.4. The van der Waals surface area contributed by atoms with Crippen LogP contribution < -0.4 is 10.1 Å². The van der Waals surface area contributed by atoms with Gasteiger partial charge in [-0.1, -0.05) is 97.1 Å². The van der Waals surface area contributed by atoms with Gasteiger partial charge >= 0.3 is 0 Å². The molecule has 3 aromatic rings. The number of aryl methyl sites for hydroxylation is 3. The van der Waals surface area contributed by atoms with Gasteiger partial charge in [-0.25, -0.2) is 0 Å². The molecule has 0 radical (unpaired) electrons. The predicted molar refractivity (Wildman–Crippen MR) is 152 cm³/mol. The fraction of sp³-hybridized carbons (Fsp3) is 0.394. The summed E-state index contributed by atoms with van der Waals surface area (Å²) in [6.45, 7) is 6.26. The summed E-state index contributed by atoms with van der Waals surface area (Å²) in [5, 5.41) is 3.29. The minimum absolute atomic E-state index is 0.0896. The van der Waals surface area contributed by atoms with Crippen LogP contribution in [0.3, 0.4) is 0 Å². The Morgan fingerprint density at radius 2 is 1.58 bits per heavy atom. The van der Waals surface area contributed by atoms with Gasteiger partial charge in [0.1, 0.15) is 11.8 Å². The molecule has 3 aromatic carbocycles. The van der Waals surface area contributed by atoms with E-state index in [1.54, 1.807) is 4.90 Å². The van der Waals surface area contributed by atoms with Crippen LogP contribution in [0.25, 0.3) is 0 Å². The number of amides is 2. The first kappa shape index (κ1) is 27.4. The van der Waals surface area contributed by atoms with E-state index in [1.165, 1.54) is 6.42 Å². The van der Waals surface area contributed by atoms with Crippen molar-refractivity contribution in [2.75, 3.05) is 6.61 Å². The van der Waals surface area contributed by atoms with E-state index in [9.17, 15) is 9.59 Å². The molecule has 4 rings (SSSR count). The van der Waals surface area contributed by atoms with Crippen molar-refractivity contribution < 1.29 is 14.3 Å². The van der Waals surface area contributed by atoms with Crippen LogP contribution >= 0.6 is 0 Å². The molecule has 1 atom stereocenters. The Morgan fingerprint density at radius 1 is 0.868 bits per heavy atom. The molecule has 5 heteroatoms. The van der Waals surface area contributed by atoms with Crippen molar-refractivity contribution in [3.63, 3.8) is 0 Å². The Morgan fingerprint density at radius 3 is 2.29 bits per heavy atom. The van der Waals surface area contributed by atoms with Crippen molar-refractivity contribution >= 4 is 11.8 Å². The number of carbonyl (C=O) groups excluding carboxylic acids is 2. The third-order valence-corrected chi connectivity index (χ3v) is 7.34. The number of hydrogen-bond donors (Lipinski definition) is 1. The third kappa shape index (κ3) is 7.70. The van der Waals surface area contributed by atoms with Gasteiger partial charge in [0.05, 0.1) is 0 Å². The SMILES string of the molecule is Cc1cccc(CN(C(=O)COc2ccc(C)cc2C)C(Cc2ccccc2)C(=O)NC2CCCCC2)c1. The first-order valence-electron chi connectivity index (χ1n) is 13.8. The van der Waals surface area contributed by atoms with E-state index in [4.69, 9.17) is 4.74 Å². The maximum absolute atomic E-state index is 13.8. The van der Waals surface area contributed by atoms with Crippen LogP contribution in [0.4, 0.5) is 0 Å². The fourth-order valence-electron chi connectivity index (χ4n) is 5.29. The second-order valence-corrected chi connectivity index (χ2v) is 10.6. The maximum Gasteiger partial charge on any atom is 0.261 e. The van der Waals surface area contributed by atoms with Crippen LogP contribution in [-0.4, -0.2) is 35.4 Å². The summed E-state index contributed by atoms with van der Waals surface area (Å²) in [4.78, 5) is 29.4. The lowest BCUT2D eigenvalue weighted by molar-refractivity contribution is -0.143. The Labute approximate surface area is 227 Å². The number of carbonyl (C=O) groups is 2. The molecule has 0 aliphatic heterocycles. The van der Waals surface area contributed by atoms with Crippen molar-refractivity contribution in [2.24, 2.45) is 0 Å². The maximum atomic E-state index is 13.8. The van der Waals surface area contributed by atoms with E-state index in [0.717, 1.165) is 53.5 Å². The van der Waals surface area contributed by atoms with Crippen LogP contribution in [0.1, 0.15) is 59.9 Å². The van der Waals surface area contributed by atoms with Gasteiger partial charge in [-0.3, -0.25) is 9.59 Å². The lowest BCUT2D eigenvalue weighted by atomic mass is 9.94. The molecular formula is C33H40N2O3. The van der Waals surface area contributed by atoms with E-state index in [0.29, 0.717) is 18.7 Å². The van der Waals surface area contributed by atoms with Crippen molar-refractivity contribution in [3.05, 3.63) is 101 Å². The zero-order valence-corrected chi connectivity index (χ0v) is 22.9. The van der Waals surface area contributed by atoms with Gasteiger partial charge < -0.3 is 15.0 Å². The van der Waals surface area contributed by atoms with Gasteiger partial charge in [0.2, 0.25) is 5.91 Å². The monoisotopic (exact) mass is 512 g/mol. The smallest absolute Gasteiger partial charge is 0.261 e. The van der Waals surface area contributed by atoms with Crippen LogP contribution in [0.2, 0.25) is 0 Å². The summed E-state index contributed by atoms with van der Waals surface area (Å²) in [7, 11) is 0. The van der Waals surface area contributed by atoms with Crippen LogP contribution in [0.15, 0.2) is 72.8 Å². The van der Waals surface area contributed by atoms with Gasteiger partial charge in [-0.15, -0.1) is 0 Å². The number of ether oxygens (including phenoxy) is 1. The molecule has 0 spiro atoms. The fourth-order valence-corrected chi connectivity index (χ4v) is 5.29. The molecule has 1 N–H and O–H groups in total. The van der Waals surface area contributed by atoms with E-state index >= 15 is 0 Å². The minimum atomic E-state index is -0.643. The van der Waals surface area contributed by atoms with Gasteiger partial charge in [0, 0.05) is 19.0 Å². The highest BCUT2D eigenvalue weighted by atomic mass is 16.5. The van der Waals surface area contributed by atoms with Crippen molar-refractivity contribution in [2.45, 2.75) is 77.9 Å². The van der Waals surface area contributed by atoms with Crippen LogP contribution in [0, 0.1) is 20.8 Å². The highest BCUT2D eigenvalue weighted by molar-refractivity contribution is 5.88. The average Bonchev–Trinajstić information content (AvgIpc) is 2.91. The Bertz CT molecular complexity index is 1220. The molecule has 0 heterocycles. The molecule has 1 fully saturated rings. The van der Waals surface area contributed by atoms with Crippen molar-refractivity contribution in [3.8, 4) is 5.75 Å². The molecular weight excluding hydrogens is 472 g/mol. The van der Waals surface area contributed by atoms with E-state index in [2.05, 4.69) is 11.4 Å². The highest BCUT2D eigenvalue weighted by Crippen LogP contribution is 2.22.